The topological polar surface area (TPSA) is 50.1 Å². The third kappa shape index (κ3) is 2.21. The molecule has 96 valence electrons. The van der Waals surface area contributed by atoms with Crippen molar-refractivity contribution in [3.05, 3.63) is 41.5 Å². The van der Waals surface area contributed by atoms with Gasteiger partial charge in [-0.3, -0.25) is 0 Å². The molecule has 1 aromatic carbocycles. The number of hydrogen-bond acceptors (Lipinski definition) is 3. The highest BCUT2D eigenvalue weighted by Gasteiger charge is 2.27. The number of benzene rings is 1. The van der Waals surface area contributed by atoms with Gasteiger partial charge in [0.25, 0.3) is 0 Å². The van der Waals surface area contributed by atoms with Crippen LogP contribution in [0.2, 0.25) is 0 Å². The zero-order valence-corrected chi connectivity index (χ0v) is 11.5. The first-order valence-corrected chi connectivity index (χ1v) is 6.23. The molecule has 0 atom stereocenters. The summed E-state index contributed by atoms with van der Waals surface area (Å²) in [4.78, 5) is 0. The highest BCUT2D eigenvalue weighted by atomic mass is 15.2. The first-order valence-electron chi connectivity index (χ1n) is 6.23. The second-order valence-electron chi connectivity index (χ2n) is 5.18. The van der Waals surface area contributed by atoms with Crippen molar-refractivity contribution in [3.63, 3.8) is 0 Å². The first-order chi connectivity index (χ1) is 8.44. The van der Waals surface area contributed by atoms with E-state index in [0.717, 1.165) is 28.2 Å². The largest absolute Gasteiger partial charge is 0.398 e. The Morgan fingerprint density at radius 1 is 1.22 bits per heavy atom. The second-order valence-corrected chi connectivity index (χ2v) is 5.18. The van der Waals surface area contributed by atoms with E-state index in [-0.39, 0.29) is 5.66 Å². The summed E-state index contributed by atoms with van der Waals surface area (Å²) in [6.45, 7) is 8.30. The van der Waals surface area contributed by atoms with E-state index in [1.807, 2.05) is 31.2 Å². The van der Waals surface area contributed by atoms with Gasteiger partial charge in [-0.15, -0.1) is 0 Å². The Labute approximate surface area is 109 Å². The van der Waals surface area contributed by atoms with E-state index in [1.54, 1.807) is 0 Å². The Morgan fingerprint density at radius 3 is 2.61 bits per heavy atom. The Balaban J connectivity index is 2.62. The van der Waals surface area contributed by atoms with Gasteiger partial charge in [-0.05, 0) is 51.5 Å². The van der Waals surface area contributed by atoms with Crippen LogP contribution in [0.3, 0.4) is 0 Å². The quantitative estimate of drug-likeness (QED) is 0.664. The number of fused-ring (bicyclic) bond motifs is 1. The van der Waals surface area contributed by atoms with E-state index in [1.165, 1.54) is 0 Å². The maximum atomic E-state index is 6.00. The average molecular weight is 243 g/mol. The van der Waals surface area contributed by atoms with Gasteiger partial charge in [0.15, 0.2) is 0 Å². The van der Waals surface area contributed by atoms with Crippen LogP contribution in [-0.2, 0) is 0 Å². The molecule has 0 radical (unpaired) electrons. The van der Waals surface area contributed by atoms with Crippen molar-refractivity contribution in [2.75, 3.05) is 11.1 Å². The van der Waals surface area contributed by atoms with Crippen molar-refractivity contribution < 1.29 is 0 Å². The van der Waals surface area contributed by atoms with E-state index < -0.39 is 0 Å². The van der Waals surface area contributed by atoms with E-state index in [0.29, 0.717) is 0 Å². The fraction of sp³-hybridized carbons (Fsp3) is 0.333. The third-order valence-electron chi connectivity index (χ3n) is 3.13. The van der Waals surface area contributed by atoms with Gasteiger partial charge in [0.2, 0.25) is 0 Å². The average Bonchev–Trinajstić information content (AvgIpc) is 2.29. The SMILES string of the molecule is C/C=C\C=C1\NC(C)(C)Nc2ccc(N)c(C)c21. The molecule has 0 fully saturated rings. The molecule has 1 aliphatic rings. The van der Waals surface area contributed by atoms with Crippen LogP contribution in [0.5, 0.6) is 0 Å². The van der Waals surface area contributed by atoms with E-state index in [4.69, 9.17) is 5.73 Å². The van der Waals surface area contributed by atoms with Crippen LogP contribution in [0, 0.1) is 6.92 Å². The minimum Gasteiger partial charge on any atom is -0.398 e. The van der Waals surface area contributed by atoms with Crippen LogP contribution in [-0.4, -0.2) is 5.66 Å². The van der Waals surface area contributed by atoms with Gasteiger partial charge in [0.1, 0.15) is 5.66 Å². The van der Waals surface area contributed by atoms with Crippen LogP contribution < -0.4 is 16.4 Å². The lowest BCUT2D eigenvalue weighted by Gasteiger charge is -2.38. The molecule has 3 heteroatoms. The Morgan fingerprint density at radius 2 is 1.94 bits per heavy atom. The molecule has 3 nitrogen and oxygen atoms in total. The number of hydrogen-bond donors (Lipinski definition) is 3. The summed E-state index contributed by atoms with van der Waals surface area (Å²) < 4.78 is 0. The molecule has 2 rings (SSSR count). The molecular weight excluding hydrogens is 222 g/mol. The summed E-state index contributed by atoms with van der Waals surface area (Å²) in [6, 6.07) is 4.00. The van der Waals surface area contributed by atoms with Crippen LogP contribution in [0.15, 0.2) is 30.4 Å². The van der Waals surface area contributed by atoms with Crippen LogP contribution in [0.4, 0.5) is 11.4 Å². The molecule has 0 saturated heterocycles. The normalized spacial score (nSPS) is 19.4. The van der Waals surface area contributed by atoms with Crippen molar-refractivity contribution in [2.45, 2.75) is 33.4 Å². The van der Waals surface area contributed by atoms with Crippen molar-refractivity contribution in [1.82, 2.24) is 5.32 Å². The molecule has 1 aromatic rings. The Kier molecular flexibility index (Phi) is 3.07. The lowest BCUT2D eigenvalue weighted by molar-refractivity contribution is 0.508. The molecule has 1 heterocycles. The van der Waals surface area contributed by atoms with Gasteiger partial charge >= 0.3 is 0 Å². The van der Waals surface area contributed by atoms with Crippen LogP contribution in [0.1, 0.15) is 31.9 Å². The van der Waals surface area contributed by atoms with E-state index >= 15 is 0 Å². The molecule has 0 bridgehead atoms. The van der Waals surface area contributed by atoms with Crippen molar-refractivity contribution >= 4 is 17.1 Å². The molecule has 0 saturated carbocycles. The van der Waals surface area contributed by atoms with Crippen molar-refractivity contribution in [1.29, 1.82) is 0 Å². The molecule has 0 unspecified atom stereocenters. The van der Waals surface area contributed by atoms with Gasteiger partial charge in [0.05, 0.1) is 0 Å². The van der Waals surface area contributed by atoms with E-state index in [9.17, 15) is 0 Å². The summed E-state index contributed by atoms with van der Waals surface area (Å²) in [5.74, 6) is 0. The molecule has 1 aliphatic heterocycles. The minimum absolute atomic E-state index is 0.164. The minimum atomic E-state index is -0.164. The molecule has 4 N–H and O–H groups in total. The summed E-state index contributed by atoms with van der Waals surface area (Å²) in [5, 5.41) is 6.97. The molecule has 0 aliphatic carbocycles. The molecule has 0 aromatic heterocycles. The standard InChI is InChI=1S/C15H21N3/c1-5-6-7-12-14-10(2)11(16)8-9-13(14)18-15(3,4)17-12/h5-9,17-18H,16H2,1-4H3/b6-5-,12-7+. The third-order valence-corrected chi connectivity index (χ3v) is 3.13. The fourth-order valence-electron chi connectivity index (χ4n) is 2.26. The molecule has 0 spiro atoms. The molecule has 18 heavy (non-hydrogen) atoms. The monoisotopic (exact) mass is 243 g/mol. The van der Waals surface area contributed by atoms with Gasteiger partial charge in [-0.25, -0.2) is 0 Å². The molecule has 0 amide bonds. The number of nitrogens with two attached hydrogens (primary N) is 1. The maximum absolute atomic E-state index is 6.00. The van der Waals surface area contributed by atoms with Crippen molar-refractivity contribution in [2.24, 2.45) is 0 Å². The number of nitrogens with one attached hydrogen (secondary N) is 2. The molecular formula is C15H21N3. The van der Waals surface area contributed by atoms with Crippen molar-refractivity contribution in [3.8, 4) is 0 Å². The Hall–Kier alpha value is -1.90. The summed E-state index contributed by atoms with van der Waals surface area (Å²) >= 11 is 0. The number of rotatable bonds is 1. The van der Waals surface area contributed by atoms with Gasteiger partial charge in [0, 0.05) is 22.6 Å². The first kappa shape index (κ1) is 12.6. The maximum Gasteiger partial charge on any atom is 0.102 e. The Bertz CT molecular complexity index is 525. The lowest BCUT2D eigenvalue weighted by atomic mass is 9.96. The van der Waals surface area contributed by atoms with Gasteiger partial charge in [-0.2, -0.15) is 0 Å². The van der Waals surface area contributed by atoms with Crippen LogP contribution >= 0.6 is 0 Å². The highest BCUT2D eigenvalue weighted by Crippen LogP contribution is 2.35. The van der Waals surface area contributed by atoms with E-state index in [2.05, 4.69) is 37.5 Å². The number of nitrogen functional groups attached to an aromatic ring is 1. The summed E-state index contributed by atoms with van der Waals surface area (Å²) in [5.41, 5.74) is 11.2. The smallest absolute Gasteiger partial charge is 0.102 e. The second kappa shape index (κ2) is 4.41. The lowest BCUT2D eigenvalue weighted by Crippen LogP contribution is -2.48. The highest BCUT2D eigenvalue weighted by molar-refractivity contribution is 5.84. The fourth-order valence-corrected chi connectivity index (χ4v) is 2.26. The number of anilines is 2. The van der Waals surface area contributed by atoms with Gasteiger partial charge in [-0.1, -0.05) is 12.2 Å². The van der Waals surface area contributed by atoms with Gasteiger partial charge < -0.3 is 16.4 Å². The predicted octanol–water partition coefficient (Wildman–Crippen LogP) is 3.25. The predicted molar refractivity (Wildman–Crippen MR) is 79.2 cm³/mol. The zero-order valence-electron chi connectivity index (χ0n) is 11.5. The van der Waals surface area contributed by atoms with Crippen LogP contribution in [0.25, 0.3) is 5.70 Å². The summed E-state index contributed by atoms with van der Waals surface area (Å²) in [6.07, 6.45) is 6.15. The number of allylic oxidation sites excluding steroid dienone is 3. The zero-order chi connectivity index (χ0) is 13.3. The summed E-state index contributed by atoms with van der Waals surface area (Å²) in [7, 11) is 0.